The molecule has 1 aromatic carbocycles. The normalized spacial score (nSPS) is 27.8. The third-order valence-corrected chi connectivity index (χ3v) is 7.64. The van der Waals surface area contributed by atoms with Crippen LogP contribution in [0.5, 0.6) is 0 Å². The molecule has 1 saturated carbocycles. The molecule has 0 spiro atoms. The van der Waals surface area contributed by atoms with Gasteiger partial charge in [-0.1, -0.05) is 6.07 Å². The minimum atomic E-state index is -2.94. The van der Waals surface area contributed by atoms with Crippen LogP contribution in [0, 0.1) is 34.9 Å². The Morgan fingerprint density at radius 2 is 2.11 bits per heavy atom. The van der Waals surface area contributed by atoms with E-state index in [4.69, 9.17) is 0 Å². The molecule has 0 unspecified atom stereocenters. The van der Waals surface area contributed by atoms with Crippen molar-refractivity contribution in [2.24, 2.45) is 17.8 Å². The van der Waals surface area contributed by atoms with Gasteiger partial charge in [-0.25, -0.2) is 13.2 Å². The summed E-state index contributed by atoms with van der Waals surface area (Å²) in [5.41, 5.74) is 0.455. The minimum Gasteiger partial charge on any atom is -0.356 e. The van der Waals surface area contributed by atoms with E-state index in [1.165, 1.54) is 23.1 Å². The number of nitriles is 1. The van der Waals surface area contributed by atoms with E-state index in [1.807, 2.05) is 6.07 Å². The van der Waals surface area contributed by atoms with E-state index in [-0.39, 0.29) is 30.0 Å². The van der Waals surface area contributed by atoms with Crippen LogP contribution >= 0.6 is 0 Å². The maximum atomic E-state index is 14.2. The SMILES string of the molecule is N#C[C@H](C[C@H]1CCCNC1=O)NC(=O)[C@@H]1[C@H]2CC(F)(F)C[C@H]2CN1C(=O)c1cc2c(F)cccc2[nH]1. The number of hydrogen-bond acceptors (Lipinski definition) is 4. The first-order valence-corrected chi connectivity index (χ1v) is 12.1. The smallest absolute Gasteiger partial charge is 0.271 e. The molecule has 8 nitrogen and oxygen atoms in total. The van der Waals surface area contributed by atoms with Crippen molar-refractivity contribution in [2.45, 2.75) is 50.1 Å². The van der Waals surface area contributed by atoms with Crippen molar-refractivity contribution in [3.05, 3.63) is 35.8 Å². The highest BCUT2D eigenvalue weighted by atomic mass is 19.3. The molecule has 0 bridgehead atoms. The Hall–Kier alpha value is -3.55. The summed E-state index contributed by atoms with van der Waals surface area (Å²) >= 11 is 0. The first-order chi connectivity index (χ1) is 17.2. The van der Waals surface area contributed by atoms with E-state index < -0.39 is 66.2 Å². The first kappa shape index (κ1) is 24.2. The summed E-state index contributed by atoms with van der Waals surface area (Å²) in [5, 5.41) is 15.2. The summed E-state index contributed by atoms with van der Waals surface area (Å²) < 4.78 is 42.6. The molecule has 2 aromatic rings. The fraction of sp³-hybridized carbons (Fsp3) is 0.520. The van der Waals surface area contributed by atoms with Crippen LogP contribution in [0.3, 0.4) is 0 Å². The Kier molecular flexibility index (Phi) is 6.14. The maximum Gasteiger partial charge on any atom is 0.271 e. The number of halogens is 3. The number of fused-ring (bicyclic) bond motifs is 2. The van der Waals surface area contributed by atoms with Crippen molar-refractivity contribution in [1.82, 2.24) is 20.5 Å². The van der Waals surface area contributed by atoms with Crippen LogP contribution in [0.25, 0.3) is 10.9 Å². The van der Waals surface area contributed by atoms with Crippen molar-refractivity contribution in [3.63, 3.8) is 0 Å². The van der Waals surface area contributed by atoms with Crippen LogP contribution in [0.4, 0.5) is 13.2 Å². The quantitative estimate of drug-likeness (QED) is 0.584. The predicted octanol–water partition coefficient (Wildman–Crippen LogP) is 2.72. The number of rotatable bonds is 5. The zero-order valence-electron chi connectivity index (χ0n) is 19.4. The number of nitrogens with one attached hydrogen (secondary N) is 3. The lowest BCUT2D eigenvalue weighted by Crippen LogP contribution is -2.52. The van der Waals surface area contributed by atoms with Gasteiger partial charge in [0.05, 0.1) is 6.07 Å². The summed E-state index contributed by atoms with van der Waals surface area (Å²) in [4.78, 5) is 43.0. The van der Waals surface area contributed by atoms with E-state index in [2.05, 4.69) is 15.6 Å². The zero-order valence-corrected chi connectivity index (χ0v) is 19.4. The molecule has 5 atom stereocenters. The lowest BCUT2D eigenvalue weighted by molar-refractivity contribution is -0.129. The highest BCUT2D eigenvalue weighted by Crippen LogP contribution is 2.50. The number of aromatic nitrogens is 1. The largest absolute Gasteiger partial charge is 0.356 e. The van der Waals surface area contributed by atoms with Gasteiger partial charge in [0.25, 0.3) is 5.91 Å². The molecular weight excluding hydrogens is 475 g/mol. The summed E-state index contributed by atoms with van der Waals surface area (Å²) in [5.74, 6) is -6.72. The van der Waals surface area contributed by atoms with E-state index in [0.717, 1.165) is 6.42 Å². The van der Waals surface area contributed by atoms with Crippen LogP contribution in [0.15, 0.2) is 24.3 Å². The molecule has 1 aromatic heterocycles. The number of nitrogens with zero attached hydrogens (tertiary/aromatic N) is 2. The Balaban J connectivity index is 1.39. The molecule has 3 heterocycles. The highest BCUT2D eigenvalue weighted by Gasteiger charge is 2.58. The number of carbonyl (C=O) groups excluding carboxylic acids is 3. The highest BCUT2D eigenvalue weighted by molar-refractivity contribution is 6.01. The van der Waals surface area contributed by atoms with Gasteiger partial charge in [0.15, 0.2) is 0 Å². The monoisotopic (exact) mass is 501 g/mol. The zero-order chi connectivity index (χ0) is 25.6. The van der Waals surface area contributed by atoms with Crippen LogP contribution in [0.1, 0.15) is 42.6 Å². The number of H-pyrrole nitrogens is 1. The summed E-state index contributed by atoms with van der Waals surface area (Å²) in [6.45, 7) is 0.518. The standard InChI is InChI=1S/C25H26F3N5O3/c26-18-4-1-5-19-16(18)8-20(32-19)24(36)33-12-14-9-25(27,28)10-17(14)21(33)23(35)31-15(11-29)7-13-3-2-6-30-22(13)34/h1,4-5,8,13-15,17,21,32H,2-3,6-7,9-10,12H2,(H,30,34)(H,31,35)/t13-,14+,15+,17+,21+/m1/s1. The van der Waals surface area contributed by atoms with Gasteiger partial charge in [-0.2, -0.15) is 5.26 Å². The van der Waals surface area contributed by atoms with Gasteiger partial charge in [0.1, 0.15) is 23.6 Å². The lowest BCUT2D eigenvalue weighted by atomic mass is 9.90. The molecule has 3 aliphatic rings. The van der Waals surface area contributed by atoms with Gasteiger partial charge < -0.3 is 20.5 Å². The average Bonchev–Trinajstić information content (AvgIpc) is 3.49. The third kappa shape index (κ3) is 4.40. The van der Waals surface area contributed by atoms with E-state index in [1.54, 1.807) is 6.07 Å². The number of alkyl halides is 2. The van der Waals surface area contributed by atoms with Gasteiger partial charge in [0, 0.05) is 42.8 Å². The number of hydrogen-bond donors (Lipinski definition) is 3. The van der Waals surface area contributed by atoms with Gasteiger partial charge in [-0.05, 0) is 49.3 Å². The Labute approximate surface area is 205 Å². The Morgan fingerprint density at radius 3 is 2.83 bits per heavy atom. The Bertz CT molecular complexity index is 1260. The Morgan fingerprint density at radius 1 is 1.31 bits per heavy atom. The molecular formula is C25H26F3N5O3. The molecule has 1 aliphatic carbocycles. The molecule has 2 aliphatic heterocycles. The van der Waals surface area contributed by atoms with Crippen molar-refractivity contribution >= 4 is 28.6 Å². The number of amides is 3. The van der Waals surface area contributed by atoms with Crippen molar-refractivity contribution < 1.29 is 27.6 Å². The molecule has 3 amide bonds. The summed E-state index contributed by atoms with van der Waals surface area (Å²) in [6.07, 6.45) is 0.471. The molecule has 0 radical (unpaired) electrons. The minimum absolute atomic E-state index is 0.0444. The fourth-order valence-corrected chi connectivity index (χ4v) is 5.98. The summed E-state index contributed by atoms with van der Waals surface area (Å²) in [7, 11) is 0. The maximum absolute atomic E-state index is 14.2. The molecule has 3 fully saturated rings. The number of aromatic amines is 1. The number of benzene rings is 1. The second kappa shape index (κ2) is 9.15. The van der Waals surface area contributed by atoms with E-state index >= 15 is 0 Å². The second-order valence-electron chi connectivity index (χ2n) is 10.0. The van der Waals surface area contributed by atoms with Crippen LogP contribution < -0.4 is 10.6 Å². The third-order valence-electron chi connectivity index (χ3n) is 7.64. The van der Waals surface area contributed by atoms with Crippen LogP contribution in [0.2, 0.25) is 0 Å². The first-order valence-electron chi connectivity index (χ1n) is 12.1. The number of piperidine rings is 1. The van der Waals surface area contributed by atoms with Crippen molar-refractivity contribution in [3.8, 4) is 6.07 Å². The molecule has 2 saturated heterocycles. The predicted molar refractivity (Wildman–Crippen MR) is 122 cm³/mol. The summed E-state index contributed by atoms with van der Waals surface area (Å²) in [6, 6.07) is 5.49. The lowest BCUT2D eigenvalue weighted by Gasteiger charge is -2.29. The van der Waals surface area contributed by atoms with Crippen molar-refractivity contribution in [1.29, 1.82) is 5.26 Å². The van der Waals surface area contributed by atoms with Crippen molar-refractivity contribution in [2.75, 3.05) is 13.1 Å². The van der Waals surface area contributed by atoms with Gasteiger partial charge in [0.2, 0.25) is 17.7 Å². The fourth-order valence-electron chi connectivity index (χ4n) is 5.98. The van der Waals surface area contributed by atoms with Gasteiger partial charge in [-0.3, -0.25) is 14.4 Å². The molecule has 3 N–H and O–H groups in total. The average molecular weight is 502 g/mol. The van der Waals surface area contributed by atoms with Crippen LogP contribution in [-0.4, -0.2) is 58.7 Å². The van der Waals surface area contributed by atoms with E-state index in [0.29, 0.717) is 18.5 Å². The van der Waals surface area contributed by atoms with Crippen LogP contribution in [-0.2, 0) is 9.59 Å². The molecule has 11 heteroatoms. The number of likely N-dealkylation sites (tertiary alicyclic amines) is 1. The van der Waals surface area contributed by atoms with Gasteiger partial charge >= 0.3 is 0 Å². The topological polar surface area (TPSA) is 118 Å². The molecule has 5 rings (SSSR count). The molecule has 36 heavy (non-hydrogen) atoms. The second-order valence-corrected chi connectivity index (χ2v) is 10.0. The van der Waals surface area contributed by atoms with Gasteiger partial charge in [-0.15, -0.1) is 0 Å². The molecule has 190 valence electrons. The van der Waals surface area contributed by atoms with E-state index in [9.17, 15) is 32.8 Å². The number of carbonyl (C=O) groups is 3.